The molecule has 1 rings (SSSR count). The van der Waals surface area contributed by atoms with Crippen molar-refractivity contribution in [3.63, 3.8) is 0 Å². The van der Waals surface area contributed by atoms with Crippen LogP contribution in [0.15, 0.2) is 28.8 Å². The van der Waals surface area contributed by atoms with Gasteiger partial charge in [-0.2, -0.15) is 0 Å². The van der Waals surface area contributed by atoms with E-state index in [2.05, 4.69) is 31.9 Å². The molecule has 0 spiro atoms. The van der Waals surface area contributed by atoms with E-state index in [4.69, 9.17) is 0 Å². The predicted octanol–water partition coefficient (Wildman–Crippen LogP) is 4.61. The Bertz CT molecular complexity index is 362. The number of allylic oxidation sites excluding steroid dienone is 2. The van der Waals surface area contributed by atoms with Gasteiger partial charge < -0.3 is 0 Å². The maximum Gasteiger partial charge on any atom is 0.143 e. The van der Waals surface area contributed by atoms with Gasteiger partial charge in [0.1, 0.15) is 11.6 Å². The fraction of sp³-hybridized carbons (Fsp3) is 0.273. The molecule has 0 aromatic heterocycles. The lowest BCUT2D eigenvalue weighted by molar-refractivity contribution is 0.558. The van der Waals surface area contributed by atoms with Gasteiger partial charge in [0.2, 0.25) is 0 Å². The lowest BCUT2D eigenvalue weighted by Crippen LogP contribution is -1.94. The van der Waals surface area contributed by atoms with Crippen molar-refractivity contribution in [1.29, 1.82) is 0 Å². The van der Waals surface area contributed by atoms with Crippen LogP contribution in [0.1, 0.15) is 12.0 Å². The van der Waals surface area contributed by atoms with Gasteiger partial charge in [0, 0.05) is 10.9 Å². The van der Waals surface area contributed by atoms with Gasteiger partial charge >= 0.3 is 0 Å². The van der Waals surface area contributed by atoms with E-state index in [1.54, 1.807) is 6.08 Å². The zero-order chi connectivity index (χ0) is 11.3. The van der Waals surface area contributed by atoms with Gasteiger partial charge in [0.15, 0.2) is 0 Å². The maximum absolute atomic E-state index is 13.4. The van der Waals surface area contributed by atoms with Crippen molar-refractivity contribution in [3.8, 4) is 0 Å². The molecule has 0 unspecified atom stereocenters. The highest BCUT2D eigenvalue weighted by atomic mass is 79.9. The summed E-state index contributed by atoms with van der Waals surface area (Å²) in [6.45, 7) is 0. The minimum atomic E-state index is -0.515. The molecule has 1 aromatic rings. The summed E-state index contributed by atoms with van der Waals surface area (Å²) in [5, 5.41) is 0.854. The molecule has 0 aliphatic heterocycles. The van der Waals surface area contributed by atoms with Crippen LogP contribution in [0.5, 0.6) is 0 Å². The Hall–Kier alpha value is -0.220. The summed E-state index contributed by atoms with van der Waals surface area (Å²) in [7, 11) is 0. The Morgan fingerprint density at radius 1 is 1.20 bits per heavy atom. The van der Waals surface area contributed by atoms with Gasteiger partial charge in [-0.3, -0.25) is 0 Å². The van der Waals surface area contributed by atoms with Gasteiger partial charge in [0.05, 0.1) is 4.47 Å². The first kappa shape index (κ1) is 12.8. The van der Waals surface area contributed by atoms with Crippen LogP contribution in [0.3, 0.4) is 0 Å². The van der Waals surface area contributed by atoms with Crippen molar-refractivity contribution >= 4 is 31.9 Å². The number of benzene rings is 1. The average molecular weight is 340 g/mol. The molecule has 0 aliphatic carbocycles. The normalized spacial score (nSPS) is 11.2. The SMILES string of the molecule is Fc1ccc(Br)c(F)c1C/C=C/CCBr. The van der Waals surface area contributed by atoms with E-state index >= 15 is 0 Å². The summed E-state index contributed by atoms with van der Waals surface area (Å²) in [6.07, 6.45) is 4.81. The standard InChI is InChI=1S/C11H10Br2F2/c12-7-3-1-2-4-8-10(14)6-5-9(13)11(8)15/h1-2,5-6H,3-4,7H2/b2-1+. The lowest BCUT2D eigenvalue weighted by Gasteiger charge is -2.03. The second-order valence-corrected chi connectivity index (χ2v) is 4.62. The number of rotatable bonds is 4. The Labute approximate surface area is 105 Å². The van der Waals surface area contributed by atoms with Crippen LogP contribution < -0.4 is 0 Å². The molecule has 0 saturated heterocycles. The second-order valence-electron chi connectivity index (χ2n) is 2.97. The number of hydrogen-bond donors (Lipinski definition) is 0. The van der Waals surface area contributed by atoms with E-state index in [-0.39, 0.29) is 12.0 Å². The number of hydrogen-bond acceptors (Lipinski definition) is 0. The van der Waals surface area contributed by atoms with Crippen LogP contribution in [0.25, 0.3) is 0 Å². The topological polar surface area (TPSA) is 0 Å². The molecule has 0 saturated carbocycles. The van der Waals surface area contributed by atoms with Crippen molar-refractivity contribution in [2.45, 2.75) is 12.8 Å². The average Bonchev–Trinajstić information content (AvgIpc) is 2.23. The van der Waals surface area contributed by atoms with E-state index in [0.29, 0.717) is 4.47 Å². The van der Waals surface area contributed by atoms with Crippen LogP contribution in [-0.2, 0) is 6.42 Å². The van der Waals surface area contributed by atoms with Gasteiger partial charge in [-0.05, 0) is 40.9 Å². The van der Waals surface area contributed by atoms with E-state index in [1.165, 1.54) is 12.1 Å². The summed E-state index contributed by atoms with van der Waals surface area (Å²) in [5.74, 6) is -1.02. The van der Waals surface area contributed by atoms with Crippen molar-refractivity contribution < 1.29 is 8.78 Å². The summed E-state index contributed by atoms with van der Waals surface area (Å²) in [5.41, 5.74) is 0.107. The van der Waals surface area contributed by atoms with Gasteiger partial charge in [-0.15, -0.1) is 0 Å². The van der Waals surface area contributed by atoms with Crippen molar-refractivity contribution in [3.05, 3.63) is 46.0 Å². The van der Waals surface area contributed by atoms with Crippen LogP contribution in [0.4, 0.5) is 8.78 Å². The molecule has 82 valence electrons. The summed E-state index contributed by atoms with van der Waals surface area (Å²) in [6, 6.07) is 2.64. The van der Waals surface area contributed by atoms with Gasteiger partial charge in [-0.25, -0.2) is 8.78 Å². The molecule has 0 atom stereocenters. The Kier molecular flexibility index (Phi) is 5.47. The zero-order valence-electron chi connectivity index (χ0n) is 7.94. The first-order chi connectivity index (χ1) is 7.16. The molecule has 0 fully saturated rings. The van der Waals surface area contributed by atoms with Crippen LogP contribution in [0, 0.1) is 11.6 Å². The first-order valence-electron chi connectivity index (χ1n) is 4.50. The molecule has 4 heteroatoms. The monoisotopic (exact) mass is 338 g/mol. The quantitative estimate of drug-likeness (QED) is 0.427. The Morgan fingerprint density at radius 3 is 2.60 bits per heavy atom. The van der Waals surface area contributed by atoms with Crippen molar-refractivity contribution in [2.24, 2.45) is 0 Å². The highest BCUT2D eigenvalue weighted by Crippen LogP contribution is 2.22. The number of alkyl halides is 1. The zero-order valence-corrected chi connectivity index (χ0v) is 11.1. The van der Waals surface area contributed by atoms with Crippen LogP contribution in [-0.4, -0.2) is 5.33 Å². The van der Waals surface area contributed by atoms with E-state index < -0.39 is 11.6 Å². The van der Waals surface area contributed by atoms with Crippen molar-refractivity contribution in [1.82, 2.24) is 0 Å². The van der Waals surface area contributed by atoms with Gasteiger partial charge in [-0.1, -0.05) is 28.1 Å². The largest absolute Gasteiger partial charge is 0.207 e. The third-order valence-corrected chi connectivity index (χ3v) is 2.97. The van der Waals surface area contributed by atoms with Gasteiger partial charge in [0.25, 0.3) is 0 Å². The van der Waals surface area contributed by atoms with Crippen molar-refractivity contribution in [2.75, 3.05) is 5.33 Å². The molecular weight excluding hydrogens is 330 g/mol. The Balaban J connectivity index is 2.80. The summed E-state index contributed by atoms with van der Waals surface area (Å²) in [4.78, 5) is 0. The third-order valence-electron chi connectivity index (χ3n) is 1.90. The summed E-state index contributed by atoms with van der Waals surface area (Å²) >= 11 is 6.30. The molecule has 0 radical (unpaired) electrons. The minimum absolute atomic E-state index is 0.107. The molecule has 0 nitrogen and oxygen atoms in total. The van der Waals surface area contributed by atoms with E-state index in [9.17, 15) is 8.78 Å². The molecule has 0 heterocycles. The smallest absolute Gasteiger partial charge is 0.143 e. The molecule has 0 N–H and O–H groups in total. The van der Waals surface area contributed by atoms with Crippen LogP contribution in [0.2, 0.25) is 0 Å². The minimum Gasteiger partial charge on any atom is -0.207 e. The molecular formula is C11H10Br2F2. The number of halogens is 4. The molecule has 0 amide bonds. The predicted molar refractivity (Wildman–Crippen MR) is 65.3 cm³/mol. The third kappa shape index (κ3) is 3.68. The first-order valence-corrected chi connectivity index (χ1v) is 6.41. The molecule has 1 aromatic carbocycles. The molecule has 0 bridgehead atoms. The highest BCUT2D eigenvalue weighted by Gasteiger charge is 2.10. The fourth-order valence-corrected chi connectivity index (χ4v) is 1.77. The second kappa shape index (κ2) is 6.38. The molecule has 0 aliphatic rings. The fourth-order valence-electron chi connectivity index (χ4n) is 1.14. The maximum atomic E-state index is 13.4. The Morgan fingerprint density at radius 2 is 1.93 bits per heavy atom. The highest BCUT2D eigenvalue weighted by molar-refractivity contribution is 9.10. The molecule has 15 heavy (non-hydrogen) atoms. The summed E-state index contributed by atoms with van der Waals surface area (Å²) < 4.78 is 27.0. The van der Waals surface area contributed by atoms with E-state index in [0.717, 1.165) is 11.8 Å². The van der Waals surface area contributed by atoms with E-state index in [1.807, 2.05) is 6.08 Å². The van der Waals surface area contributed by atoms with Crippen LogP contribution >= 0.6 is 31.9 Å². The lowest BCUT2D eigenvalue weighted by atomic mass is 10.1.